The third kappa shape index (κ3) is 0.777. The van der Waals surface area contributed by atoms with Crippen LogP contribution in [0.3, 0.4) is 0 Å². The van der Waals surface area contributed by atoms with Crippen LogP contribution < -0.4 is 0 Å². The zero-order valence-corrected chi connectivity index (χ0v) is 9.85. The molecule has 0 aromatic rings. The van der Waals surface area contributed by atoms with Gasteiger partial charge in [-0.15, -0.1) is 0 Å². The summed E-state index contributed by atoms with van der Waals surface area (Å²) >= 11 is 2.39. The number of hydrogen-bond acceptors (Lipinski definition) is 1. The molecule has 2 fully saturated rings. The van der Waals surface area contributed by atoms with Crippen LogP contribution in [0.25, 0.3) is 0 Å². The maximum atomic E-state index is 11.8. The Morgan fingerprint density at radius 2 is 2.25 bits per heavy atom. The van der Waals surface area contributed by atoms with Crippen LogP contribution in [-0.2, 0) is 4.79 Å². The van der Waals surface area contributed by atoms with Crippen molar-refractivity contribution in [1.82, 2.24) is 0 Å². The maximum absolute atomic E-state index is 11.8. The number of halogens is 1. The summed E-state index contributed by atoms with van der Waals surface area (Å²) in [6, 6.07) is 0. The molecule has 0 heterocycles. The molecule has 0 spiro atoms. The Labute approximate surface area is 87.4 Å². The fourth-order valence-corrected chi connectivity index (χ4v) is 4.87. The molecule has 2 rings (SSSR count). The third-order valence-electron chi connectivity index (χ3n) is 4.37. The largest absolute Gasteiger partial charge is 0.299 e. The summed E-state index contributed by atoms with van der Waals surface area (Å²) in [6.45, 7) is 4.57. The van der Waals surface area contributed by atoms with E-state index in [1.165, 1.54) is 6.42 Å². The third-order valence-corrected chi connectivity index (χ3v) is 5.67. The zero-order valence-electron chi connectivity index (χ0n) is 7.69. The number of carbonyl (C=O) groups excluding carboxylic acids is 1. The molecule has 2 saturated carbocycles. The molecule has 0 amide bonds. The fourth-order valence-electron chi connectivity index (χ4n) is 3.08. The van der Waals surface area contributed by atoms with Crippen molar-refractivity contribution in [1.29, 1.82) is 0 Å². The van der Waals surface area contributed by atoms with E-state index in [4.69, 9.17) is 0 Å². The van der Waals surface area contributed by atoms with E-state index in [1.807, 2.05) is 0 Å². The van der Waals surface area contributed by atoms with Gasteiger partial charge in [-0.2, -0.15) is 0 Å². The second-order valence-corrected chi connectivity index (χ2v) is 5.56. The Morgan fingerprint density at radius 3 is 2.50 bits per heavy atom. The number of carbonyl (C=O) groups is 1. The lowest BCUT2D eigenvalue weighted by Crippen LogP contribution is -2.37. The minimum absolute atomic E-state index is 0.0538. The van der Waals surface area contributed by atoms with Gasteiger partial charge in [-0.3, -0.25) is 4.79 Å². The van der Waals surface area contributed by atoms with E-state index < -0.39 is 0 Å². The van der Waals surface area contributed by atoms with Gasteiger partial charge in [-0.05, 0) is 24.2 Å². The topological polar surface area (TPSA) is 17.1 Å². The minimum atomic E-state index is 0.0538. The molecule has 12 heavy (non-hydrogen) atoms. The van der Waals surface area contributed by atoms with Crippen LogP contribution >= 0.6 is 22.6 Å². The van der Waals surface area contributed by atoms with Crippen molar-refractivity contribution in [3.63, 3.8) is 0 Å². The monoisotopic (exact) mass is 278 g/mol. The lowest BCUT2D eigenvalue weighted by atomic mass is 9.70. The second-order valence-electron chi connectivity index (χ2n) is 4.80. The first-order valence-electron chi connectivity index (χ1n) is 4.64. The van der Waals surface area contributed by atoms with E-state index in [0.29, 0.717) is 11.7 Å². The molecule has 2 unspecified atom stereocenters. The number of hydrogen-bond donors (Lipinski definition) is 0. The standard InChI is InChI=1S/C10H15IO/c1-9(2)7-3-4-10(9,6-11)8(12)5-7/h7H,3-6H2,1-2H3. The van der Waals surface area contributed by atoms with Gasteiger partial charge in [0.25, 0.3) is 0 Å². The van der Waals surface area contributed by atoms with Gasteiger partial charge in [-0.1, -0.05) is 36.4 Å². The van der Waals surface area contributed by atoms with E-state index in [0.717, 1.165) is 17.3 Å². The van der Waals surface area contributed by atoms with Crippen molar-refractivity contribution in [2.24, 2.45) is 16.7 Å². The van der Waals surface area contributed by atoms with E-state index in [2.05, 4.69) is 36.4 Å². The molecule has 2 atom stereocenters. The predicted octanol–water partition coefficient (Wildman–Crippen LogP) is 2.82. The van der Waals surface area contributed by atoms with Gasteiger partial charge in [0.05, 0.1) is 0 Å². The van der Waals surface area contributed by atoms with Crippen LogP contribution in [-0.4, -0.2) is 10.2 Å². The molecule has 2 bridgehead atoms. The van der Waals surface area contributed by atoms with E-state index in [9.17, 15) is 4.79 Å². The van der Waals surface area contributed by atoms with Crippen molar-refractivity contribution in [3.8, 4) is 0 Å². The summed E-state index contributed by atoms with van der Waals surface area (Å²) in [6.07, 6.45) is 3.28. The highest BCUT2D eigenvalue weighted by Gasteiger charge is 2.63. The Bertz CT molecular complexity index is 234. The maximum Gasteiger partial charge on any atom is 0.140 e. The van der Waals surface area contributed by atoms with Crippen LogP contribution in [0, 0.1) is 16.7 Å². The summed E-state index contributed by atoms with van der Waals surface area (Å²) in [5, 5.41) is 0. The average molecular weight is 278 g/mol. The van der Waals surface area contributed by atoms with Crippen LogP contribution in [0.15, 0.2) is 0 Å². The number of fused-ring (bicyclic) bond motifs is 2. The van der Waals surface area contributed by atoms with Crippen LogP contribution in [0.2, 0.25) is 0 Å². The molecule has 68 valence electrons. The summed E-state index contributed by atoms with van der Waals surface area (Å²) in [5.74, 6) is 1.22. The summed E-state index contributed by atoms with van der Waals surface area (Å²) in [5.41, 5.74) is 0.337. The minimum Gasteiger partial charge on any atom is -0.299 e. The first kappa shape index (κ1) is 8.97. The molecule has 2 aliphatic rings. The highest BCUT2D eigenvalue weighted by atomic mass is 127. The van der Waals surface area contributed by atoms with Gasteiger partial charge in [0.15, 0.2) is 0 Å². The molecule has 0 N–H and O–H groups in total. The van der Waals surface area contributed by atoms with Gasteiger partial charge in [0.1, 0.15) is 5.78 Å². The number of alkyl halides is 1. The first-order chi connectivity index (χ1) is 5.54. The molecule has 2 aliphatic carbocycles. The summed E-state index contributed by atoms with van der Waals surface area (Å²) in [7, 11) is 0. The van der Waals surface area contributed by atoms with Gasteiger partial charge in [-0.25, -0.2) is 0 Å². The lowest BCUT2D eigenvalue weighted by molar-refractivity contribution is -0.127. The SMILES string of the molecule is CC1(C)C2CCC1(CI)C(=O)C2. The fraction of sp³-hybridized carbons (Fsp3) is 0.900. The Hall–Kier alpha value is 0.400. The molecule has 1 nitrogen and oxygen atoms in total. The lowest BCUT2D eigenvalue weighted by Gasteiger charge is -2.34. The number of rotatable bonds is 1. The smallest absolute Gasteiger partial charge is 0.140 e. The van der Waals surface area contributed by atoms with Crippen molar-refractivity contribution in [3.05, 3.63) is 0 Å². The number of ketones is 1. The first-order valence-corrected chi connectivity index (χ1v) is 6.16. The molecule has 2 heteroatoms. The van der Waals surface area contributed by atoms with E-state index in [-0.39, 0.29) is 10.8 Å². The molecule has 0 saturated heterocycles. The average Bonchev–Trinajstić information content (AvgIpc) is 2.36. The Morgan fingerprint density at radius 1 is 1.58 bits per heavy atom. The van der Waals surface area contributed by atoms with E-state index >= 15 is 0 Å². The zero-order chi connectivity index (χ0) is 8.98. The van der Waals surface area contributed by atoms with Crippen molar-refractivity contribution in [2.45, 2.75) is 33.1 Å². The van der Waals surface area contributed by atoms with Gasteiger partial charge >= 0.3 is 0 Å². The van der Waals surface area contributed by atoms with Crippen molar-refractivity contribution >= 4 is 28.4 Å². The molecular weight excluding hydrogens is 263 g/mol. The molecule has 0 aromatic carbocycles. The van der Waals surface area contributed by atoms with Crippen LogP contribution in [0.1, 0.15) is 33.1 Å². The number of Topliss-reactive ketones (excluding diaryl/α,β-unsaturated/α-hetero) is 1. The highest BCUT2D eigenvalue weighted by molar-refractivity contribution is 14.1. The second kappa shape index (κ2) is 2.46. The van der Waals surface area contributed by atoms with Gasteiger partial charge < -0.3 is 0 Å². The molecule has 0 aromatic heterocycles. The highest BCUT2D eigenvalue weighted by Crippen LogP contribution is 2.64. The normalized spacial score (nSPS) is 43.9. The van der Waals surface area contributed by atoms with Gasteiger partial charge in [0.2, 0.25) is 0 Å². The van der Waals surface area contributed by atoms with Crippen LogP contribution in [0.4, 0.5) is 0 Å². The Kier molecular flexibility index (Phi) is 1.84. The molecular formula is C10H15IO. The molecule has 0 radical (unpaired) electrons. The van der Waals surface area contributed by atoms with Crippen molar-refractivity contribution in [2.75, 3.05) is 4.43 Å². The van der Waals surface area contributed by atoms with E-state index in [1.54, 1.807) is 0 Å². The van der Waals surface area contributed by atoms with Crippen LogP contribution in [0.5, 0.6) is 0 Å². The Balaban J connectivity index is 2.46. The molecule has 0 aliphatic heterocycles. The summed E-state index contributed by atoms with van der Waals surface area (Å²) < 4.78 is 1.02. The van der Waals surface area contributed by atoms with Crippen molar-refractivity contribution < 1.29 is 4.79 Å². The quantitative estimate of drug-likeness (QED) is 0.532. The summed E-state index contributed by atoms with van der Waals surface area (Å²) in [4.78, 5) is 11.8. The predicted molar refractivity (Wildman–Crippen MR) is 57.4 cm³/mol. The van der Waals surface area contributed by atoms with Gasteiger partial charge in [0, 0.05) is 16.3 Å².